The molecule has 0 saturated heterocycles. The van der Waals surface area contributed by atoms with Crippen molar-refractivity contribution in [1.29, 1.82) is 0 Å². The highest BCUT2D eigenvalue weighted by Gasteiger charge is 2.33. The third-order valence-corrected chi connectivity index (χ3v) is 8.77. The van der Waals surface area contributed by atoms with Crippen LogP contribution in [0.5, 0.6) is 0 Å². The molecule has 1 aliphatic carbocycles. The molecule has 1 N–H and O–H groups in total. The van der Waals surface area contributed by atoms with Crippen molar-refractivity contribution in [1.82, 2.24) is 0 Å². The van der Waals surface area contributed by atoms with Gasteiger partial charge in [-0.3, -0.25) is 4.79 Å². The van der Waals surface area contributed by atoms with Crippen molar-refractivity contribution >= 4 is 57.3 Å². The Morgan fingerprint density at radius 2 is 1.86 bits per heavy atom. The van der Waals surface area contributed by atoms with E-state index < -0.39 is 0 Å². The van der Waals surface area contributed by atoms with Crippen molar-refractivity contribution in [3.63, 3.8) is 0 Å². The summed E-state index contributed by atoms with van der Waals surface area (Å²) in [5, 5.41) is 4.73. The molecule has 0 fully saturated rings. The molecule has 0 unspecified atom stereocenters. The highest BCUT2D eigenvalue weighted by atomic mass is 35.5. The predicted molar refractivity (Wildman–Crippen MR) is 155 cm³/mol. The fraction of sp³-hybridized carbons (Fsp3) is 0.267. The fourth-order valence-corrected chi connectivity index (χ4v) is 6.27. The van der Waals surface area contributed by atoms with Crippen molar-refractivity contribution in [2.75, 3.05) is 5.32 Å². The molecule has 2 heterocycles. The molecule has 0 saturated carbocycles. The number of hydrogen-bond acceptors (Lipinski definition) is 4. The molecular weight excluding hydrogens is 523 g/mol. The van der Waals surface area contributed by atoms with E-state index in [4.69, 9.17) is 32.6 Å². The second kappa shape index (κ2) is 10.5. The lowest BCUT2D eigenvalue weighted by molar-refractivity contribution is 0.102. The van der Waals surface area contributed by atoms with Crippen molar-refractivity contribution in [3.05, 3.63) is 92.5 Å². The highest BCUT2D eigenvalue weighted by molar-refractivity contribution is 7.16. The van der Waals surface area contributed by atoms with Crippen LogP contribution in [0.25, 0.3) is 11.3 Å². The Labute approximate surface area is 231 Å². The van der Waals surface area contributed by atoms with Gasteiger partial charge in [-0.25, -0.2) is 4.99 Å². The lowest BCUT2D eigenvalue weighted by Gasteiger charge is -2.33. The van der Waals surface area contributed by atoms with Gasteiger partial charge in [-0.05, 0) is 78.6 Å². The number of halogens is 2. The Kier molecular flexibility index (Phi) is 7.30. The summed E-state index contributed by atoms with van der Waals surface area (Å²) in [5.41, 5.74) is 3.61. The van der Waals surface area contributed by atoms with Crippen LogP contribution >= 0.6 is 34.5 Å². The van der Waals surface area contributed by atoms with Gasteiger partial charge in [0.15, 0.2) is 0 Å². The summed E-state index contributed by atoms with van der Waals surface area (Å²) in [6, 6.07) is 18.6. The van der Waals surface area contributed by atoms with Crippen molar-refractivity contribution < 1.29 is 9.21 Å². The van der Waals surface area contributed by atoms with E-state index in [0.29, 0.717) is 38.0 Å². The van der Waals surface area contributed by atoms with Crippen LogP contribution in [0.2, 0.25) is 10.0 Å². The normalized spacial score (nSPS) is 15.6. The summed E-state index contributed by atoms with van der Waals surface area (Å²) in [6.45, 7) is 6.88. The summed E-state index contributed by atoms with van der Waals surface area (Å²) in [4.78, 5) is 19.5. The van der Waals surface area contributed by atoms with Gasteiger partial charge in [0.05, 0.1) is 21.8 Å². The highest BCUT2D eigenvalue weighted by Crippen LogP contribution is 2.45. The first-order valence-corrected chi connectivity index (χ1v) is 13.9. The Bertz CT molecular complexity index is 1460. The molecule has 37 heavy (non-hydrogen) atoms. The number of anilines is 1. The number of furan rings is 1. The predicted octanol–water partition coefficient (Wildman–Crippen LogP) is 9.47. The average Bonchev–Trinajstić information content (AvgIpc) is 3.48. The quantitative estimate of drug-likeness (QED) is 0.251. The second-order valence-corrected chi connectivity index (χ2v) is 12.3. The van der Waals surface area contributed by atoms with Crippen LogP contribution in [0.4, 0.5) is 10.7 Å². The first kappa shape index (κ1) is 25.8. The first-order chi connectivity index (χ1) is 17.7. The van der Waals surface area contributed by atoms with E-state index in [1.807, 2.05) is 48.5 Å². The van der Waals surface area contributed by atoms with Gasteiger partial charge >= 0.3 is 0 Å². The molecule has 2 aromatic heterocycles. The Morgan fingerprint density at radius 3 is 2.59 bits per heavy atom. The number of carbonyl (C=O) groups is 1. The molecule has 4 nitrogen and oxygen atoms in total. The fourth-order valence-electron chi connectivity index (χ4n) is 4.70. The average molecular weight is 552 g/mol. The number of benzene rings is 2. The van der Waals surface area contributed by atoms with Crippen LogP contribution in [-0.4, -0.2) is 12.1 Å². The summed E-state index contributed by atoms with van der Waals surface area (Å²) >= 11 is 13.8. The first-order valence-electron chi connectivity index (χ1n) is 12.3. The van der Waals surface area contributed by atoms with E-state index in [1.165, 1.54) is 4.88 Å². The van der Waals surface area contributed by atoms with Crippen LogP contribution in [0.15, 0.2) is 70.1 Å². The topological polar surface area (TPSA) is 54.6 Å². The maximum absolute atomic E-state index is 13.5. The van der Waals surface area contributed by atoms with Crippen LogP contribution in [0.3, 0.4) is 0 Å². The minimum absolute atomic E-state index is 0.124. The number of rotatable bonds is 5. The molecular formula is C30H28Cl2N2O2S. The maximum atomic E-state index is 13.5. The van der Waals surface area contributed by atoms with Crippen LogP contribution < -0.4 is 5.32 Å². The molecule has 0 radical (unpaired) electrons. The van der Waals surface area contributed by atoms with E-state index in [-0.39, 0.29) is 11.3 Å². The van der Waals surface area contributed by atoms with Gasteiger partial charge in [0, 0.05) is 16.1 Å². The van der Waals surface area contributed by atoms with Crippen LogP contribution in [0, 0.1) is 11.3 Å². The number of thiophene rings is 1. The number of fused-ring (bicyclic) bond motifs is 1. The van der Waals surface area contributed by atoms with Crippen LogP contribution in [0.1, 0.15) is 53.8 Å². The SMILES string of the molecule is CC(C)(C)[C@H]1CCc2c(sc(N=Cc3ccc(-c4ccc(Cl)c(Cl)c4)o3)c2C(=O)Nc2ccccc2)C1. The molecule has 1 atom stereocenters. The molecule has 190 valence electrons. The van der Waals surface area contributed by atoms with E-state index in [9.17, 15) is 4.79 Å². The third-order valence-electron chi connectivity index (χ3n) is 6.87. The largest absolute Gasteiger partial charge is 0.455 e. The maximum Gasteiger partial charge on any atom is 0.259 e. The molecule has 5 rings (SSSR count). The standard InChI is InChI=1S/C30H28Cl2N2O2S/c1-30(2,3)19-10-12-22-26(16-19)37-29(27(22)28(35)34-20-7-5-4-6-8-20)33-17-21-11-14-25(36-21)18-9-13-23(31)24(32)15-18/h4-9,11,13-15,17,19H,10,12,16H2,1-3H3,(H,34,35)/t19-/m0/s1. The molecule has 0 bridgehead atoms. The monoisotopic (exact) mass is 550 g/mol. The van der Waals surface area contributed by atoms with Gasteiger partial charge in [-0.2, -0.15) is 0 Å². The third kappa shape index (κ3) is 5.69. The Balaban J connectivity index is 1.46. The van der Waals surface area contributed by atoms with Crippen molar-refractivity contribution in [2.45, 2.75) is 40.0 Å². The molecule has 0 spiro atoms. The number of nitrogens with one attached hydrogen (secondary N) is 1. The van der Waals surface area contributed by atoms with Gasteiger partial charge in [0.1, 0.15) is 16.5 Å². The Hall–Kier alpha value is -2.86. The number of para-hydroxylation sites is 1. The number of carbonyl (C=O) groups excluding carboxylic acids is 1. The number of hydrogen-bond donors (Lipinski definition) is 1. The number of aliphatic imine (C=N–C) groups is 1. The van der Waals surface area contributed by atoms with Gasteiger partial charge in [-0.1, -0.05) is 62.2 Å². The summed E-state index contributed by atoms with van der Waals surface area (Å²) < 4.78 is 6.00. The van der Waals surface area contributed by atoms with E-state index in [1.54, 1.807) is 29.7 Å². The lowest BCUT2D eigenvalue weighted by Crippen LogP contribution is -2.27. The van der Waals surface area contributed by atoms with Gasteiger partial charge in [0.25, 0.3) is 5.91 Å². The molecule has 1 aliphatic rings. The smallest absolute Gasteiger partial charge is 0.259 e. The van der Waals surface area contributed by atoms with Gasteiger partial charge in [-0.15, -0.1) is 11.3 Å². The van der Waals surface area contributed by atoms with Gasteiger partial charge < -0.3 is 9.73 Å². The lowest BCUT2D eigenvalue weighted by atomic mass is 9.72. The molecule has 0 aliphatic heterocycles. The minimum atomic E-state index is -0.124. The Morgan fingerprint density at radius 1 is 1.08 bits per heavy atom. The summed E-state index contributed by atoms with van der Waals surface area (Å²) in [6.07, 6.45) is 4.59. The van der Waals surface area contributed by atoms with Gasteiger partial charge in [0.2, 0.25) is 0 Å². The summed E-state index contributed by atoms with van der Waals surface area (Å²) in [5.74, 6) is 1.70. The molecule has 1 amide bonds. The van der Waals surface area contributed by atoms with E-state index >= 15 is 0 Å². The van der Waals surface area contributed by atoms with E-state index in [0.717, 1.165) is 36.1 Å². The minimum Gasteiger partial charge on any atom is -0.455 e. The molecule has 2 aromatic carbocycles. The van der Waals surface area contributed by atoms with E-state index in [2.05, 4.69) is 26.1 Å². The molecule has 4 aromatic rings. The zero-order valence-corrected chi connectivity index (χ0v) is 23.3. The van der Waals surface area contributed by atoms with Crippen LogP contribution in [-0.2, 0) is 12.8 Å². The zero-order chi connectivity index (χ0) is 26.2. The second-order valence-electron chi connectivity index (χ2n) is 10.4. The number of nitrogens with zero attached hydrogens (tertiary/aromatic N) is 1. The van der Waals surface area contributed by atoms with Crippen molar-refractivity contribution in [3.8, 4) is 11.3 Å². The molecule has 7 heteroatoms. The number of amides is 1. The summed E-state index contributed by atoms with van der Waals surface area (Å²) in [7, 11) is 0. The zero-order valence-electron chi connectivity index (χ0n) is 21.0. The van der Waals surface area contributed by atoms with Crippen molar-refractivity contribution in [2.24, 2.45) is 16.3 Å².